The van der Waals surface area contributed by atoms with Crippen molar-refractivity contribution in [3.63, 3.8) is 0 Å². The molecule has 2 aromatic heterocycles. The predicted molar refractivity (Wildman–Crippen MR) is 91.6 cm³/mol. The fraction of sp³-hybridized carbons (Fsp3) is 0.111. The first-order chi connectivity index (χ1) is 12.1. The third-order valence-corrected chi connectivity index (χ3v) is 3.30. The van der Waals surface area contributed by atoms with Crippen LogP contribution in [0, 0.1) is 6.92 Å². The number of hydrogen-bond donors (Lipinski definition) is 1. The van der Waals surface area contributed by atoms with E-state index in [1.165, 1.54) is 6.08 Å². The molecule has 2 heterocycles. The van der Waals surface area contributed by atoms with Gasteiger partial charge in [-0.2, -0.15) is 0 Å². The number of pyridine rings is 1. The van der Waals surface area contributed by atoms with Gasteiger partial charge in [-0.1, -0.05) is 29.4 Å². The molecule has 7 nitrogen and oxygen atoms in total. The molecule has 0 radical (unpaired) electrons. The molecule has 1 aromatic carbocycles. The van der Waals surface area contributed by atoms with Crippen molar-refractivity contribution in [2.24, 2.45) is 0 Å². The van der Waals surface area contributed by atoms with Gasteiger partial charge in [0.05, 0.1) is 5.52 Å². The Morgan fingerprint density at radius 3 is 2.92 bits per heavy atom. The first-order valence-electron chi connectivity index (χ1n) is 7.53. The number of nitrogens with zero attached hydrogens (tertiary/aromatic N) is 2. The van der Waals surface area contributed by atoms with Gasteiger partial charge < -0.3 is 14.6 Å². The molecule has 0 spiro atoms. The summed E-state index contributed by atoms with van der Waals surface area (Å²) in [6.45, 7) is 1.29. The third kappa shape index (κ3) is 4.29. The lowest BCUT2D eigenvalue weighted by Gasteiger charge is -2.02. The summed E-state index contributed by atoms with van der Waals surface area (Å²) in [4.78, 5) is 27.7. The highest BCUT2D eigenvalue weighted by Crippen LogP contribution is 2.17. The molecule has 3 rings (SSSR count). The number of fused-ring (bicyclic) bond motifs is 1. The quantitative estimate of drug-likeness (QED) is 0.568. The minimum absolute atomic E-state index is 0.274. The van der Waals surface area contributed by atoms with Gasteiger partial charge in [0.1, 0.15) is 5.76 Å². The Kier molecular flexibility index (Phi) is 4.84. The van der Waals surface area contributed by atoms with E-state index in [-0.39, 0.29) is 5.82 Å². The van der Waals surface area contributed by atoms with Crippen molar-refractivity contribution in [3.8, 4) is 0 Å². The van der Waals surface area contributed by atoms with Gasteiger partial charge in [0.15, 0.2) is 12.4 Å². The fourth-order valence-electron chi connectivity index (χ4n) is 2.21. The summed E-state index contributed by atoms with van der Waals surface area (Å²) < 4.78 is 9.72. The van der Waals surface area contributed by atoms with E-state index in [1.54, 1.807) is 25.3 Å². The Morgan fingerprint density at radius 2 is 2.12 bits per heavy atom. The van der Waals surface area contributed by atoms with Crippen LogP contribution in [0.2, 0.25) is 0 Å². The number of aromatic nitrogens is 2. The summed E-state index contributed by atoms with van der Waals surface area (Å²) in [5.74, 6) is -0.281. The topological polar surface area (TPSA) is 94.3 Å². The van der Waals surface area contributed by atoms with E-state index in [4.69, 9.17) is 9.26 Å². The molecule has 25 heavy (non-hydrogen) atoms. The van der Waals surface area contributed by atoms with E-state index < -0.39 is 18.5 Å². The van der Waals surface area contributed by atoms with Crippen LogP contribution in [-0.4, -0.2) is 28.6 Å². The molecule has 0 aliphatic rings. The summed E-state index contributed by atoms with van der Waals surface area (Å²) in [7, 11) is 0. The molecule has 1 N–H and O–H groups in total. The van der Waals surface area contributed by atoms with Crippen LogP contribution >= 0.6 is 0 Å². The summed E-state index contributed by atoms with van der Waals surface area (Å²) in [6, 6.07) is 11.0. The van der Waals surface area contributed by atoms with Crippen LogP contribution in [0.4, 0.5) is 5.82 Å². The molecule has 0 atom stereocenters. The maximum absolute atomic E-state index is 11.8. The Balaban J connectivity index is 1.56. The molecule has 0 saturated carbocycles. The molecule has 3 aromatic rings. The first-order valence-corrected chi connectivity index (χ1v) is 7.53. The minimum Gasteiger partial charge on any atom is -0.452 e. The lowest BCUT2D eigenvalue weighted by atomic mass is 10.1. The van der Waals surface area contributed by atoms with E-state index in [0.717, 1.165) is 16.5 Å². The zero-order chi connectivity index (χ0) is 17.6. The monoisotopic (exact) mass is 337 g/mol. The van der Waals surface area contributed by atoms with Gasteiger partial charge in [-0.15, -0.1) is 0 Å². The number of ether oxygens (including phenoxy) is 1. The van der Waals surface area contributed by atoms with Crippen LogP contribution in [0.25, 0.3) is 17.0 Å². The summed E-state index contributed by atoms with van der Waals surface area (Å²) in [5, 5.41) is 7.05. The maximum atomic E-state index is 11.8. The molecule has 0 saturated heterocycles. The van der Waals surface area contributed by atoms with Gasteiger partial charge in [0, 0.05) is 29.3 Å². The third-order valence-electron chi connectivity index (χ3n) is 3.30. The molecule has 0 bridgehead atoms. The Morgan fingerprint density at radius 1 is 1.28 bits per heavy atom. The highest BCUT2D eigenvalue weighted by Gasteiger charge is 2.08. The van der Waals surface area contributed by atoms with Gasteiger partial charge in [-0.25, -0.2) is 4.79 Å². The largest absolute Gasteiger partial charge is 0.452 e. The molecule has 0 fully saturated rings. The lowest BCUT2D eigenvalue weighted by molar-refractivity contribution is -0.142. The number of benzene rings is 1. The number of nitrogens with one attached hydrogen (secondary N) is 1. The van der Waals surface area contributed by atoms with Crippen molar-refractivity contribution < 1.29 is 18.8 Å². The first kappa shape index (κ1) is 16.4. The number of carbonyl (C=O) groups is 2. The minimum atomic E-state index is -0.626. The van der Waals surface area contributed by atoms with Crippen molar-refractivity contribution in [1.29, 1.82) is 0 Å². The summed E-state index contributed by atoms with van der Waals surface area (Å²) >= 11 is 0. The van der Waals surface area contributed by atoms with Crippen LogP contribution in [-0.2, 0) is 14.3 Å². The van der Waals surface area contributed by atoms with Crippen molar-refractivity contribution in [2.45, 2.75) is 6.92 Å². The molecule has 126 valence electrons. The lowest BCUT2D eigenvalue weighted by Crippen LogP contribution is -2.20. The Bertz CT molecular complexity index is 941. The SMILES string of the molecule is Cc1cc(NC(=O)COC(=O)/C=C/c2cccc3cccnc23)no1. The smallest absolute Gasteiger partial charge is 0.331 e. The van der Waals surface area contributed by atoms with E-state index in [1.807, 2.05) is 30.3 Å². The second-order valence-electron chi connectivity index (χ2n) is 5.23. The maximum Gasteiger partial charge on any atom is 0.331 e. The molecular formula is C18H15N3O4. The number of carbonyl (C=O) groups excluding carboxylic acids is 2. The van der Waals surface area contributed by atoms with Gasteiger partial charge in [-0.05, 0) is 19.1 Å². The number of amides is 1. The zero-order valence-corrected chi connectivity index (χ0v) is 13.4. The molecule has 1 amide bonds. The molecule has 0 unspecified atom stereocenters. The summed E-state index contributed by atoms with van der Waals surface area (Å²) in [5.41, 5.74) is 1.57. The van der Waals surface area contributed by atoms with Crippen molar-refractivity contribution in [1.82, 2.24) is 10.1 Å². The van der Waals surface area contributed by atoms with E-state index in [2.05, 4.69) is 15.5 Å². The number of anilines is 1. The molecule has 0 aliphatic heterocycles. The summed E-state index contributed by atoms with van der Waals surface area (Å²) in [6.07, 6.45) is 4.56. The highest BCUT2D eigenvalue weighted by atomic mass is 16.5. The number of esters is 1. The van der Waals surface area contributed by atoms with Crippen molar-refractivity contribution >= 4 is 34.7 Å². The van der Waals surface area contributed by atoms with Crippen molar-refractivity contribution in [2.75, 3.05) is 11.9 Å². The zero-order valence-electron chi connectivity index (χ0n) is 13.4. The van der Waals surface area contributed by atoms with Gasteiger partial charge in [0.25, 0.3) is 5.91 Å². The van der Waals surface area contributed by atoms with Crippen LogP contribution in [0.5, 0.6) is 0 Å². The van der Waals surface area contributed by atoms with E-state index in [9.17, 15) is 9.59 Å². The number of rotatable bonds is 5. The second-order valence-corrected chi connectivity index (χ2v) is 5.23. The predicted octanol–water partition coefficient (Wildman–Crippen LogP) is 2.73. The molecule has 7 heteroatoms. The van der Waals surface area contributed by atoms with E-state index in [0.29, 0.717) is 5.76 Å². The van der Waals surface area contributed by atoms with E-state index >= 15 is 0 Å². The molecular weight excluding hydrogens is 322 g/mol. The van der Waals surface area contributed by atoms with Crippen LogP contribution in [0.3, 0.4) is 0 Å². The molecule has 0 aliphatic carbocycles. The second kappa shape index (κ2) is 7.39. The normalized spacial score (nSPS) is 10.9. The van der Waals surface area contributed by atoms with Gasteiger partial charge >= 0.3 is 5.97 Å². The number of aryl methyl sites for hydroxylation is 1. The average Bonchev–Trinajstić information content (AvgIpc) is 3.02. The van der Waals surface area contributed by atoms with Gasteiger partial charge in [0.2, 0.25) is 0 Å². The number of para-hydroxylation sites is 1. The van der Waals surface area contributed by atoms with Crippen molar-refractivity contribution in [3.05, 3.63) is 60.0 Å². The average molecular weight is 337 g/mol. The fourth-order valence-corrected chi connectivity index (χ4v) is 2.21. The number of hydrogen-bond acceptors (Lipinski definition) is 6. The standard InChI is InChI=1S/C18H15N3O4/c1-12-10-15(21-25-12)20-16(22)11-24-17(23)8-7-14-5-2-4-13-6-3-9-19-18(13)14/h2-10H,11H2,1H3,(H,20,21,22)/b8-7+. The van der Waals surface area contributed by atoms with Crippen LogP contribution in [0.1, 0.15) is 11.3 Å². The Labute approximate surface area is 143 Å². The Hall–Kier alpha value is -3.48. The van der Waals surface area contributed by atoms with Crippen LogP contribution < -0.4 is 5.32 Å². The highest BCUT2D eigenvalue weighted by molar-refractivity contribution is 5.95. The van der Waals surface area contributed by atoms with Gasteiger partial charge in [-0.3, -0.25) is 9.78 Å². The van der Waals surface area contributed by atoms with Crippen LogP contribution in [0.15, 0.2) is 53.2 Å².